The van der Waals surface area contributed by atoms with Gasteiger partial charge in [-0.3, -0.25) is 9.69 Å². The lowest BCUT2D eigenvalue weighted by molar-refractivity contribution is 0.0882. The maximum absolute atomic E-state index is 12.1. The van der Waals surface area contributed by atoms with Crippen LogP contribution in [0.2, 0.25) is 0 Å². The lowest BCUT2D eigenvalue weighted by Crippen LogP contribution is -2.44. The first-order chi connectivity index (χ1) is 8.65. The maximum Gasteiger partial charge on any atom is 0.252 e. The lowest BCUT2D eigenvalue weighted by atomic mass is 10.1. The molecule has 0 heterocycles. The molecular formula is C15H24N2O. The molecule has 0 spiro atoms. The number of nitrogens with one attached hydrogen (secondary N) is 1. The quantitative estimate of drug-likeness (QED) is 0.594. The zero-order valence-corrected chi connectivity index (χ0v) is 11.6. The number of unbranched alkanes of at least 4 members (excludes halogenated alkanes) is 2. The van der Waals surface area contributed by atoms with Gasteiger partial charge in [0.25, 0.3) is 5.91 Å². The standard InChI is InChI=1S/C15H24N2O/c1-4-5-7-12-14(17(2)3)16-15(18)13-10-8-6-9-11-13/h6,8-11,14H,4-5,7,12H2,1-3H3,(H,16,18). The average molecular weight is 248 g/mol. The molecule has 3 heteroatoms. The number of carbonyl (C=O) groups is 1. The van der Waals surface area contributed by atoms with E-state index in [-0.39, 0.29) is 12.1 Å². The monoisotopic (exact) mass is 248 g/mol. The Morgan fingerprint density at radius 1 is 1.22 bits per heavy atom. The third-order valence-electron chi connectivity index (χ3n) is 3.04. The van der Waals surface area contributed by atoms with E-state index in [9.17, 15) is 4.79 Å². The van der Waals surface area contributed by atoms with Crippen molar-refractivity contribution in [3.05, 3.63) is 35.9 Å². The molecule has 0 aliphatic carbocycles. The van der Waals surface area contributed by atoms with E-state index >= 15 is 0 Å². The Morgan fingerprint density at radius 3 is 2.44 bits per heavy atom. The van der Waals surface area contributed by atoms with Crippen molar-refractivity contribution >= 4 is 5.91 Å². The summed E-state index contributed by atoms with van der Waals surface area (Å²) in [6.07, 6.45) is 4.68. The van der Waals surface area contributed by atoms with Crippen LogP contribution in [0.15, 0.2) is 30.3 Å². The predicted molar refractivity (Wildman–Crippen MR) is 75.5 cm³/mol. The van der Waals surface area contributed by atoms with E-state index in [2.05, 4.69) is 17.1 Å². The van der Waals surface area contributed by atoms with Gasteiger partial charge in [-0.1, -0.05) is 44.4 Å². The second-order valence-corrected chi connectivity index (χ2v) is 4.81. The van der Waals surface area contributed by atoms with Crippen molar-refractivity contribution in [3.63, 3.8) is 0 Å². The second-order valence-electron chi connectivity index (χ2n) is 4.81. The number of benzene rings is 1. The van der Waals surface area contributed by atoms with Crippen LogP contribution in [0.25, 0.3) is 0 Å². The Hall–Kier alpha value is -1.35. The summed E-state index contributed by atoms with van der Waals surface area (Å²) in [7, 11) is 4.00. The first kappa shape index (κ1) is 14.7. The van der Waals surface area contributed by atoms with Gasteiger partial charge >= 0.3 is 0 Å². The molecule has 1 amide bonds. The normalized spacial score (nSPS) is 12.4. The van der Waals surface area contributed by atoms with Crippen LogP contribution in [-0.4, -0.2) is 31.1 Å². The van der Waals surface area contributed by atoms with Crippen molar-refractivity contribution in [2.45, 2.75) is 38.8 Å². The fourth-order valence-corrected chi connectivity index (χ4v) is 1.87. The smallest absolute Gasteiger partial charge is 0.252 e. The molecule has 1 N–H and O–H groups in total. The van der Waals surface area contributed by atoms with Gasteiger partial charge in [0, 0.05) is 5.56 Å². The van der Waals surface area contributed by atoms with Gasteiger partial charge in [-0.05, 0) is 32.6 Å². The SMILES string of the molecule is CCCCCC(NC(=O)c1ccccc1)N(C)C. The van der Waals surface area contributed by atoms with Crippen molar-refractivity contribution in [1.82, 2.24) is 10.2 Å². The molecule has 0 aromatic heterocycles. The Labute approximate surface area is 110 Å². The zero-order chi connectivity index (χ0) is 13.4. The molecule has 0 saturated heterocycles. The van der Waals surface area contributed by atoms with E-state index in [1.807, 2.05) is 44.4 Å². The molecule has 100 valence electrons. The minimum Gasteiger partial charge on any atom is -0.337 e. The molecule has 0 bridgehead atoms. The Kier molecular flexibility index (Phi) is 6.44. The largest absolute Gasteiger partial charge is 0.337 e. The van der Waals surface area contributed by atoms with E-state index in [1.54, 1.807) is 0 Å². The van der Waals surface area contributed by atoms with Crippen LogP contribution in [0.3, 0.4) is 0 Å². The molecule has 0 fully saturated rings. The molecule has 1 aromatic rings. The summed E-state index contributed by atoms with van der Waals surface area (Å²) >= 11 is 0. The number of nitrogens with zero attached hydrogens (tertiary/aromatic N) is 1. The number of rotatable bonds is 7. The third kappa shape index (κ3) is 4.88. The summed E-state index contributed by atoms with van der Waals surface area (Å²) in [5.41, 5.74) is 0.722. The molecule has 0 aliphatic heterocycles. The summed E-state index contributed by atoms with van der Waals surface area (Å²) in [5, 5.41) is 3.08. The van der Waals surface area contributed by atoms with E-state index in [0.717, 1.165) is 18.4 Å². The van der Waals surface area contributed by atoms with Crippen molar-refractivity contribution in [2.75, 3.05) is 14.1 Å². The summed E-state index contributed by atoms with van der Waals surface area (Å²) in [5.74, 6) is 0.00537. The predicted octanol–water partition coefficient (Wildman–Crippen LogP) is 2.88. The van der Waals surface area contributed by atoms with E-state index in [1.165, 1.54) is 12.8 Å². The highest BCUT2D eigenvalue weighted by Gasteiger charge is 2.14. The molecule has 0 saturated carbocycles. The summed E-state index contributed by atoms with van der Waals surface area (Å²) < 4.78 is 0. The van der Waals surface area contributed by atoms with Crippen molar-refractivity contribution < 1.29 is 4.79 Å². The Morgan fingerprint density at radius 2 is 1.89 bits per heavy atom. The molecule has 0 radical (unpaired) electrons. The van der Waals surface area contributed by atoms with Gasteiger partial charge in [-0.25, -0.2) is 0 Å². The number of hydrogen-bond donors (Lipinski definition) is 1. The van der Waals surface area contributed by atoms with Gasteiger partial charge in [0.05, 0.1) is 6.17 Å². The fourth-order valence-electron chi connectivity index (χ4n) is 1.87. The van der Waals surface area contributed by atoms with Crippen molar-refractivity contribution in [1.29, 1.82) is 0 Å². The minimum absolute atomic E-state index is 0.00537. The van der Waals surface area contributed by atoms with Gasteiger partial charge in [0.1, 0.15) is 0 Å². The van der Waals surface area contributed by atoms with Crippen LogP contribution < -0.4 is 5.32 Å². The average Bonchev–Trinajstić information content (AvgIpc) is 2.38. The highest BCUT2D eigenvalue weighted by molar-refractivity contribution is 5.94. The highest BCUT2D eigenvalue weighted by Crippen LogP contribution is 2.07. The summed E-state index contributed by atoms with van der Waals surface area (Å²) in [6.45, 7) is 2.19. The molecule has 18 heavy (non-hydrogen) atoms. The van der Waals surface area contributed by atoms with Crippen molar-refractivity contribution in [2.24, 2.45) is 0 Å². The van der Waals surface area contributed by atoms with Gasteiger partial charge in [-0.15, -0.1) is 0 Å². The van der Waals surface area contributed by atoms with E-state index in [0.29, 0.717) is 0 Å². The molecular weight excluding hydrogens is 224 g/mol. The van der Waals surface area contributed by atoms with E-state index < -0.39 is 0 Å². The zero-order valence-electron chi connectivity index (χ0n) is 11.6. The molecule has 1 atom stereocenters. The molecule has 0 aliphatic rings. The van der Waals surface area contributed by atoms with Crippen LogP contribution in [0, 0.1) is 0 Å². The van der Waals surface area contributed by atoms with Crippen molar-refractivity contribution in [3.8, 4) is 0 Å². The van der Waals surface area contributed by atoms with E-state index in [4.69, 9.17) is 0 Å². The molecule has 1 aromatic carbocycles. The molecule has 1 rings (SSSR count). The molecule has 3 nitrogen and oxygen atoms in total. The molecule has 1 unspecified atom stereocenters. The summed E-state index contributed by atoms with van der Waals surface area (Å²) in [4.78, 5) is 14.1. The van der Waals surface area contributed by atoms with Crippen LogP contribution in [0.4, 0.5) is 0 Å². The second kappa shape index (κ2) is 7.88. The van der Waals surface area contributed by atoms with Gasteiger partial charge in [-0.2, -0.15) is 0 Å². The van der Waals surface area contributed by atoms with Gasteiger partial charge in [0.15, 0.2) is 0 Å². The number of carbonyl (C=O) groups excluding carboxylic acids is 1. The number of amides is 1. The van der Waals surface area contributed by atoms with Crippen LogP contribution in [0.1, 0.15) is 43.0 Å². The first-order valence-corrected chi connectivity index (χ1v) is 6.67. The first-order valence-electron chi connectivity index (χ1n) is 6.67. The summed E-state index contributed by atoms with van der Waals surface area (Å²) in [6, 6.07) is 9.37. The van der Waals surface area contributed by atoms with Gasteiger partial charge in [0.2, 0.25) is 0 Å². The Balaban J connectivity index is 2.53. The lowest BCUT2D eigenvalue weighted by Gasteiger charge is -2.25. The Bertz CT molecular complexity index is 349. The highest BCUT2D eigenvalue weighted by atomic mass is 16.1. The van der Waals surface area contributed by atoms with Crippen LogP contribution in [-0.2, 0) is 0 Å². The van der Waals surface area contributed by atoms with Crippen LogP contribution in [0.5, 0.6) is 0 Å². The third-order valence-corrected chi connectivity index (χ3v) is 3.04. The van der Waals surface area contributed by atoms with Gasteiger partial charge < -0.3 is 5.32 Å². The van der Waals surface area contributed by atoms with Crippen LogP contribution >= 0.6 is 0 Å². The maximum atomic E-state index is 12.1. The minimum atomic E-state index is 0.00537. The fraction of sp³-hybridized carbons (Fsp3) is 0.533. The topological polar surface area (TPSA) is 32.3 Å². The number of hydrogen-bond acceptors (Lipinski definition) is 2.